The number of carbonyl (C=O) groups is 1. The van der Waals surface area contributed by atoms with Crippen molar-refractivity contribution in [3.05, 3.63) is 72.0 Å². The van der Waals surface area contributed by atoms with Crippen LogP contribution in [0.2, 0.25) is 0 Å². The molecule has 0 unspecified atom stereocenters. The zero-order chi connectivity index (χ0) is 27.9. The Morgan fingerprint density at radius 2 is 1.70 bits per heavy atom. The molecule has 2 saturated heterocycles. The second-order valence-electron chi connectivity index (χ2n) is 9.73. The Morgan fingerprint density at radius 3 is 2.35 bits per heavy atom. The number of hydrogen-bond donors (Lipinski definition) is 2. The molecule has 0 radical (unpaired) electrons. The van der Waals surface area contributed by atoms with Crippen LogP contribution in [0.1, 0.15) is 10.4 Å². The van der Waals surface area contributed by atoms with E-state index < -0.39 is 30.6 Å². The van der Waals surface area contributed by atoms with Gasteiger partial charge < -0.3 is 29.2 Å². The van der Waals surface area contributed by atoms with Crippen LogP contribution in [0.25, 0.3) is 33.4 Å². The molecule has 2 fully saturated rings. The maximum atomic E-state index is 15.0. The summed E-state index contributed by atoms with van der Waals surface area (Å²) in [5, 5.41) is 9.09. The SMILES string of the molecule is O=C(c1ccc(-c2ccc(-c3nc4cc(O[C@@H]5CO[C@H](CO)C5(F)F)[nH]c4cc3F)cc2)cc1)N1CCOCC1. The first-order valence-corrected chi connectivity index (χ1v) is 12.9. The number of amides is 1. The lowest BCUT2D eigenvalue weighted by Gasteiger charge is -2.26. The van der Waals surface area contributed by atoms with E-state index in [-0.39, 0.29) is 24.1 Å². The van der Waals surface area contributed by atoms with Crippen LogP contribution in [-0.2, 0) is 9.47 Å². The lowest BCUT2D eigenvalue weighted by atomic mass is 10.0. The zero-order valence-corrected chi connectivity index (χ0v) is 21.3. The topological polar surface area (TPSA) is 96.9 Å². The van der Waals surface area contributed by atoms with Crippen LogP contribution >= 0.6 is 0 Å². The number of fused-ring (bicyclic) bond motifs is 1. The molecule has 0 aliphatic carbocycles. The highest BCUT2D eigenvalue weighted by atomic mass is 19.3. The Labute approximate surface area is 227 Å². The van der Waals surface area contributed by atoms with Crippen molar-refractivity contribution in [2.75, 3.05) is 39.5 Å². The molecule has 2 aromatic carbocycles. The van der Waals surface area contributed by atoms with Crippen LogP contribution in [0.15, 0.2) is 60.7 Å². The average Bonchev–Trinajstić information content (AvgIpc) is 3.50. The largest absolute Gasteiger partial charge is 0.467 e. The molecule has 208 valence electrons. The van der Waals surface area contributed by atoms with Crippen molar-refractivity contribution in [3.63, 3.8) is 0 Å². The number of aromatic nitrogens is 2. The van der Waals surface area contributed by atoms with E-state index in [2.05, 4.69) is 9.97 Å². The fraction of sp³-hybridized carbons (Fsp3) is 0.310. The highest BCUT2D eigenvalue weighted by Crippen LogP contribution is 2.36. The van der Waals surface area contributed by atoms with Gasteiger partial charge in [0.15, 0.2) is 17.8 Å². The first-order chi connectivity index (χ1) is 19.3. The number of nitrogens with zero attached hydrogens (tertiary/aromatic N) is 2. The summed E-state index contributed by atoms with van der Waals surface area (Å²) in [6, 6.07) is 17.2. The molecule has 0 spiro atoms. The van der Waals surface area contributed by atoms with Gasteiger partial charge in [0.1, 0.15) is 11.8 Å². The van der Waals surface area contributed by atoms with Gasteiger partial charge in [-0.15, -0.1) is 0 Å². The fourth-order valence-electron chi connectivity index (χ4n) is 4.92. The van der Waals surface area contributed by atoms with Crippen LogP contribution in [0, 0.1) is 5.82 Å². The first-order valence-electron chi connectivity index (χ1n) is 12.9. The van der Waals surface area contributed by atoms with E-state index in [0.29, 0.717) is 48.5 Å². The molecule has 2 aliphatic rings. The number of halogens is 3. The number of ether oxygens (including phenoxy) is 3. The minimum atomic E-state index is -3.38. The monoisotopic (exact) mass is 553 g/mol. The average molecular weight is 554 g/mol. The Hall–Kier alpha value is -3.93. The molecule has 0 saturated carbocycles. The van der Waals surface area contributed by atoms with Gasteiger partial charge in [0, 0.05) is 36.3 Å². The number of aliphatic hydroxyl groups excluding tert-OH is 1. The van der Waals surface area contributed by atoms with Gasteiger partial charge in [0.2, 0.25) is 0 Å². The Bertz CT molecular complexity index is 1520. The second kappa shape index (κ2) is 10.6. The number of morpholine rings is 1. The summed E-state index contributed by atoms with van der Waals surface area (Å²) in [5.74, 6) is -4.00. The van der Waals surface area contributed by atoms with Crippen molar-refractivity contribution in [2.24, 2.45) is 0 Å². The molecule has 11 heteroatoms. The van der Waals surface area contributed by atoms with Gasteiger partial charge in [-0.25, -0.2) is 9.37 Å². The van der Waals surface area contributed by atoms with Crippen molar-refractivity contribution in [1.82, 2.24) is 14.9 Å². The van der Waals surface area contributed by atoms with Crippen molar-refractivity contribution in [2.45, 2.75) is 18.1 Å². The number of alkyl halides is 2. The van der Waals surface area contributed by atoms with Gasteiger partial charge in [-0.1, -0.05) is 36.4 Å². The molecule has 2 N–H and O–H groups in total. The van der Waals surface area contributed by atoms with Gasteiger partial charge in [-0.3, -0.25) is 4.79 Å². The summed E-state index contributed by atoms with van der Waals surface area (Å²) in [4.78, 5) is 21.6. The van der Waals surface area contributed by atoms with Gasteiger partial charge in [-0.2, -0.15) is 8.78 Å². The minimum absolute atomic E-state index is 0.00295. The minimum Gasteiger partial charge on any atom is -0.467 e. The molecule has 4 heterocycles. The summed E-state index contributed by atoms with van der Waals surface area (Å²) < 4.78 is 59.3. The number of aromatic amines is 1. The Balaban J connectivity index is 1.18. The van der Waals surface area contributed by atoms with Crippen LogP contribution in [0.4, 0.5) is 13.2 Å². The third-order valence-corrected chi connectivity index (χ3v) is 7.20. The predicted molar refractivity (Wildman–Crippen MR) is 140 cm³/mol. The third-order valence-electron chi connectivity index (χ3n) is 7.20. The highest BCUT2D eigenvalue weighted by molar-refractivity contribution is 5.94. The fourth-order valence-corrected chi connectivity index (χ4v) is 4.92. The molecule has 2 atom stereocenters. The molecule has 1 amide bonds. The molecule has 6 rings (SSSR count). The van der Waals surface area contributed by atoms with Crippen LogP contribution in [0.5, 0.6) is 5.88 Å². The van der Waals surface area contributed by atoms with E-state index in [1.807, 2.05) is 24.3 Å². The van der Waals surface area contributed by atoms with E-state index in [1.165, 1.54) is 12.1 Å². The van der Waals surface area contributed by atoms with Crippen molar-refractivity contribution in [3.8, 4) is 28.3 Å². The number of hydrogen-bond acceptors (Lipinski definition) is 6. The maximum absolute atomic E-state index is 15.0. The Kier molecular flexibility index (Phi) is 6.95. The molecular formula is C29H26F3N3O5. The summed E-state index contributed by atoms with van der Waals surface area (Å²) >= 11 is 0. The van der Waals surface area contributed by atoms with E-state index >= 15 is 4.39 Å². The number of benzene rings is 2. The lowest BCUT2D eigenvalue weighted by Crippen LogP contribution is -2.43. The van der Waals surface area contributed by atoms with E-state index in [4.69, 9.17) is 19.3 Å². The van der Waals surface area contributed by atoms with E-state index in [0.717, 1.165) is 11.1 Å². The zero-order valence-electron chi connectivity index (χ0n) is 21.3. The quantitative estimate of drug-likeness (QED) is 0.370. The first kappa shape index (κ1) is 26.3. The smallest absolute Gasteiger partial charge is 0.314 e. The third kappa shape index (κ3) is 4.91. The molecule has 0 bridgehead atoms. The van der Waals surface area contributed by atoms with Gasteiger partial charge in [0.05, 0.1) is 37.5 Å². The standard InChI is InChI=1S/C29H26F3N3O5/c30-21-13-22-23(14-26(33-22)40-25-16-39-24(15-36)29(25,31)32)34-27(21)19-5-1-17(2-6-19)18-3-7-20(8-4-18)28(37)35-9-11-38-12-10-35/h1-8,13-14,24-25,33,36H,9-12,15-16H2/t24-,25-/m1/s1. The van der Waals surface area contributed by atoms with E-state index in [1.54, 1.807) is 29.2 Å². The molecular weight excluding hydrogens is 527 g/mol. The Morgan fingerprint density at radius 1 is 1.05 bits per heavy atom. The highest BCUT2D eigenvalue weighted by Gasteiger charge is 2.55. The number of aliphatic hydroxyl groups is 1. The molecule has 2 aromatic heterocycles. The normalized spacial score (nSPS) is 20.6. The van der Waals surface area contributed by atoms with E-state index in [9.17, 15) is 13.6 Å². The molecule has 40 heavy (non-hydrogen) atoms. The number of rotatable bonds is 6. The van der Waals surface area contributed by atoms with Crippen molar-refractivity contribution >= 4 is 16.9 Å². The lowest BCUT2D eigenvalue weighted by molar-refractivity contribution is -0.118. The van der Waals surface area contributed by atoms with Crippen LogP contribution in [-0.4, -0.2) is 83.5 Å². The van der Waals surface area contributed by atoms with Crippen LogP contribution < -0.4 is 4.74 Å². The van der Waals surface area contributed by atoms with Gasteiger partial charge >= 0.3 is 5.92 Å². The predicted octanol–water partition coefficient (Wildman–Crippen LogP) is 4.28. The summed E-state index contributed by atoms with van der Waals surface area (Å²) in [7, 11) is 0. The number of carbonyl (C=O) groups excluding carboxylic acids is 1. The maximum Gasteiger partial charge on any atom is 0.314 e. The molecule has 8 nitrogen and oxygen atoms in total. The van der Waals surface area contributed by atoms with Crippen molar-refractivity contribution < 1.29 is 37.3 Å². The summed E-state index contributed by atoms with van der Waals surface area (Å²) in [6.45, 7) is 1.02. The van der Waals surface area contributed by atoms with Gasteiger partial charge in [-0.05, 0) is 23.3 Å². The van der Waals surface area contributed by atoms with Crippen LogP contribution in [0.3, 0.4) is 0 Å². The second-order valence-corrected chi connectivity index (χ2v) is 9.73. The number of pyridine rings is 1. The number of H-pyrrole nitrogens is 1. The van der Waals surface area contributed by atoms with Gasteiger partial charge in [0.25, 0.3) is 5.91 Å². The number of nitrogens with one attached hydrogen (secondary N) is 1. The molecule has 2 aliphatic heterocycles. The van der Waals surface area contributed by atoms with Crippen molar-refractivity contribution in [1.29, 1.82) is 0 Å². The summed E-state index contributed by atoms with van der Waals surface area (Å²) in [6.07, 6.45) is -3.23. The summed E-state index contributed by atoms with van der Waals surface area (Å²) in [5.41, 5.74) is 3.66. The molecule has 4 aromatic rings.